The lowest BCUT2D eigenvalue weighted by molar-refractivity contribution is 0.0700. The Bertz CT molecular complexity index is 707. The molecule has 6 rings (SSSR count). The predicted octanol–water partition coefficient (Wildman–Crippen LogP) is 12.2. The molecule has 6 saturated carbocycles. The second-order valence-electron chi connectivity index (χ2n) is 17.5. The van der Waals surface area contributed by atoms with E-state index < -0.39 is 6.17 Å². The molecule has 43 heavy (non-hydrogen) atoms. The van der Waals surface area contributed by atoms with Gasteiger partial charge in [-0.05, 0) is 180 Å². The predicted molar refractivity (Wildman–Crippen MR) is 191 cm³/mol. The highest BCUT2D eigenvalue weighted by molar-refractivity contribution is 4.88. The van der Waals surface area contributed by atoms with Crippen molar-refractivity contribution in [2.75, 3.05) is 0 Å². The van der Waals surface area contributed by atoms with Crippen LogP contribution in [0.3, 0.4) is 0 Å². The van der Waals surface area contributed by atoms with Crippen molar-refractivity contribution in [3.63, 3.8) is 0 Å². The van der Waals surface area contributed by atoms with E-state index in [2.05, 4.69) is 27.7 Å². The Labute approximate surface area is 273 Å². The van der Waals surface area contributed by atoms with Gasteiger partial charge in [0.15, 0.2) is 0 Å². The summed E-state index contributed by atoms with van der Waals surface area (Å²) in [5.74, 6) is 11.4. The lowest BCUT2D eigenvalue weighted by Crippen LogP contribution is -2.32. The van der Waals surface area contributed by atoms with Crippen LogP contribution in [0, 0.1) is 71.0 Å². The van der Waals surface area contributed by atoms with Gasteiger partial charge in [-0.1, -0.05) is 66.2 Å². The molecule has 0 aliphatic heterocycles. The maximum Gasteiger partial charge on any atom is 0.103 e. The van der Waals surface area contributed by atoms with Crippen LogP contribution < -0.4 is 0 Å². The standard InChI is InChI=1S/C20H35F.C20H36.2H2O.4H2/c1-14-3-6-16(7-4-14)17-9-11-18(12-10-17)19-8-5-15(2)20(21)13-19;1-15-3-7-17(8-4-15)19-11-13-20(14-12-19)18-9-5-16(2)6-10-18;;;;;;/h14-20H,3-13H2,1-2H3;15-20H,3-14H2,1-2H3;2*1H2;4*1H. The summed E-state index contributed by atoms with van der Waals surface area (Å²) in [5, 5.41) is 0. The lowest BCUT2D eigenvalue weighted by Gasteiger charge is -2.41. The van der Waals surface area contributed by atoms with E-state index in [1.807, 2.05) is 0 Å². The van der Waals surface area contributed by atoms with Crippen molar-refractivity contribution in [2.24, 2.45) is 71.0 Å². The Morgan fingerprint density at radius 3 is 0.791 bits per heavy atom. The molecule has 262 valence electrons. The zero-order valence-corrected chi connectivity index (χ0v) is 29.1. The van der Waals surface area contributed by atoms with Crippen LogP contribution in [-0.4, -0.2) is 17.1 Å². The molecule has 0 aromatic heterocycles. The molecule has 0 spiro atoms. The second-order valence-corrected chi connectivity index (χ2v) is 17.5. The first-order valence-electron chi connectivity index (χ1n) is 19.5. The maximum atomic E-state index is 14.0. The van der Waals surface area contributed by atoms with Gasteiger partial charge in [0.25, 0.3) is 0 Å². The number of halogens is 1. The normalized spacial score (nSPS) is 45.8. The van der Waals surface area contributed by atoms with Crippen molar-refractivity contribution in [1.82, 2.24) is 0 Å². The average Bonchev–Trinajstić information content (AvgIpc) is 3.00. The van der Waals surface area contributed by atoms with Gasteiger partial charge in [0.1, 0.15) is 6.17 Å². The minimum Gasteiger partial charge on any atom is -0.412 e. The van der Waals surface area contributed by atoms with Crippen molar-refractivity contribution in [1.29, 1.82) is 0 Å². The Morgan fingerprint density at radius 1 is 0.326 bits per heavy atom. The number of hydrogen-bond donors (Lipinski definition) is 0. The Morgan fingerprint density at radius 2 is 0.535 bits per heavy atom. The molecule has 6 aliphatic rings. The van der Waals surface area contributed by atoms with Crippen molar-refractivity contribution in [3.8, 4) is 0 Å². The molecule has 3 heteroatoms. The minimum absolute atomic E-state index is 0. The van der Waals surface area contributed by atoms with Crippen molar-refractivity contribution in [2.45, 2.75) is 182 Å². The molecule has 6 aliphatic carbocycles. The van der Waals surface area contributed by atoms with E-state index in [1.54, 1.807) is 51.4 Å². The van der Waals surface area contributed by atoms with Gasteiger partial charge in [-0.15, -0.1) is 0 Å². The summed E-state index contributed by atoms with van der Waals surface area (Å²) in [7, 11) is 0. The molecule has 6 fully saturated rings. The molecule has 0 aromatic rings. The van der Waals surface area contributed by atoms with Crippen LogP contribution in [0.2, 0.25) is 0 Å². The van der Waals surface area contributed by atoms with Crippen LogP contribution in [-0.2, 0) is 0 Å². The van der Waals surface area contributed by atoms with Gasteiger partial charge in [-0.2, -0.15) is 0 Å². The molecule has 0 saturated heterocycles. The van der Waals surface area contributed by atoms with E-state index >= 15 is 0 Å². The first-order chi connectivity index (χ1) is 19.9. The number of rotatable bonds is 4. The van der Waals surface area contributed by atoms with Crippen LogP contribution in [0.25, 0.3) is 0 Å². The summed E-state index contributed by atoms with van der Waals surface area (Å²) in [6.07, 6.45) is 33.0. The third-order valence-electron chi connectivity index (χ3n) is 14.6. The van der Waals surface area contributed by atoms with Crippen molar-refractivity contribution in [3.05, 3.63) is 0 Å². The molecule has 2 nitrogen and oxygen atoms in total. The summed E-state index contributed by atoms with van der Waals surface area (Å²) >= 11 is 0. The van der Waals surface area contributed by atoms with E-state index in [0.717, 1.165) is 72.0 Å². The summed E-state index contributed by atoms with van der Waals surface area (Å²) in [6.45, 7) is 9.43. The fourth-order valence-corrected chi connectivity index (χ4v) is 11.2. The molecule has 0 heterocycles. The molecule has 3 atom stereocenters. The quantitative estimate of drug-likeness (QED) is 0.302. The summed E-state index contributed by atoms with van der Waals surface area (Å²) in [6, 6.07) is 0. The van der Waals surface area contributed by atoms with E-state index in [-0.39, 0.29) is 16.7 Å². The molecular formula is C40H83FO2. The van der Waals surface area contributed by atoms with Gasteiger partial charge in [0.05, 0.1) is 0 Å². The highest BCUT2D eigenvalue weighted by atomic mass is 19.1. The molecule has 0 radical (unpaired) electrons. The third kappa shape index (κ3) is 10.7. The van der Waals surface area contributed by atoms with E-state index in [1.165, 1.54) is 83.5 Å². The Balaban J connectivity index is 0. The summed E-state index contributed by atoms with van der Waals surface area (Å²) in [4.78, 5) is 0. The Kier molecular flexibility index (Phi) is 15.8. The highest BCUT2D eigenvalue weighted by Crippen LogP contribution is 2.47. The third-order valence-corrected chi connectivity index (χ3v) is 14.6. The van der Waals surface area contributed by atoms with E-state index in [4.69, 9.17) is 0 Å². The van der Waals surface area contributed by atoms with E-state index in [0.29, 0.717) is 11.8 Å². The van der Waals surface area contributed by atoms with E-state index in [9.17, 15) is 4.39 Å². The zero-order valence-electron chi connectivity index (χ0n) is 29.1. The topological polar surface area (TPSA) is 63.0 Å². The smallest absolute Gasteiger partial charge is 0.103 e. The summed E-state index contributed by atoms with van der Waals surface area (Å²) < 4.78 is 14.0. The first kappa shape index (κ1) is 37.3. The largest absolute Gasteiger partial charge is 0.412 e. The van der Waals surface area contributed by atoms with Gasteiger partial charge in [0, 0.05) is 5.71 Å². The lowest BCUT2D eigenvalue weighted by atomic mass is 9.65. The van der Waals surface area contributed by atoms with Crippen LogP contribution in [0.4, 0.5) is 4.39 Å². The number of alkyl halides is 1. The van der Waals surface area contributed by atoms with Gasteiger partial charge >= 0.3 is 0 Å². The molecular weight excluding hydrogens is 531 g/mol. The van der Waals surface area contributed by atoms with Gasteiger partial charge in [-0.3, -0.25) is 0 Å². The monoisotopic (exact) mass is 615 g/mol. The molecule has 4 N–H and O–H groups in total. The van der Waals surface area contributed by atoms with Crippen LogP contribution >= 0.6 is 0 Å². The van der Waals surface area contributed by atoms with Crippen molar-refractivity contribution < 1.29 is 21.0 Å². The van der Waals surface area contributed by atoms with Crippen LogP contribution in [0.1, 0.15) is 181 Å². The molecule has 0 amide bonds. The first-order valence-corrected chi connectivity index (χ1v) is 19.5. The average molecular weight is 615 g/mol. The highest BCUT2D eigenvalue weighted by Gasteiger charge is 2.37. The molecule has 0 aromatic carbocycles. The second kappa shape index (κ2) is 18.3. The summed E-state index contributed by atoms with van der Waals surface area (Å²) in [5.41, 5.74) is 0. The molecule has 0 bridgehead atoms. The van der Waals surface area contributed by atoms with Gasteiger partial charge in [0.2, 0.25) is 0 Å². The minimum atomic E-state index is -0.513. The van der Waals surface area contributed by atoms with Gasteiger partial charge in [-0.25, -0.2) is 4.39 Å². The fourth-order valence-electron chi connectivity index (χ4n) is 11.2. The van der Waals surface area contributed by atoms with Crippen molar-refractivity contribution >= 4 is 0 Å². The SMILES string of the molecule is CC1CCC(C2CCC(C3CCC(C)C(F)C3)CC2)CC1.CC1CCC(C2CCC(C3CCC(C)CC3)CC2)CC1.O.O.[HH].[HH].[HH].[HH]. The van der Waals surface area contributed by atoms with Gasteiger partial charge < -0.3 is 11.0 Å². The fraction of sp³-hybridized carbons (Fsp3) is 1.00. The Hall–Kier alpha value is -0.150. The maximum absolute atomic E-state index is 14.0. The number of hydrogen-bond acceptors (Lipinski definition) is 0. The van der Waals surface area contributed by atoms with Crippen LogP contribution in [0.15, 0.2) is 0 Å². The van der Waals surface area contributed by atoms with Crippen LogP contribution in [0.5, 0.6) is 0 Å². The molecule has 3 unspecified atom stereocenters. The zero-order chi connectivity index (χ0) is 28.8.